The molecular formula is C13H21NS. The number of thioether (sulfide) groups is 1. The SMILES string of the molecule is CCN(c1ccc(C)c(C)c1)C(C)SC. The fourth-order valence-electron chi connectivity index (χ4n) is 1.68. The Kier molecular flexibility index (Phi) is 4.52. The van der Waals surface area contributed by atoms with E-state index in [0.29, 0.717) is 5.37 Å². The topological polar surface area (TPSA) is 3.24 Å². The van der Waals surface area contributed by atoms with E-state index in [0.717, 1.165) is 6.54 Å². The van der Waals surface area contributed by atoms with Crippen LogP contribution in [0.4, 0.5) is 5.69 Å². The molecule has 0 spiro atoms. The lowest BCUT2D eigenvalue weighted by molar-refractivity contribution is 0.823. The van der Waals surface area contributed by atoms with Crippen LogP contribution in [0.1, 0.15) is 25.0 Å². The summed E-state index contributed by atoms with van der Waals surface area (Å²) in [6.07, 6.45) is 2.16. The third kappa shape index (κ3) is 2.91. The Labute approximate surface area is 97.9 Å². The summed E-state index contributed by atoms with van der Waals surface area (Å²) in [7, 11) is 0. The smallest absolute Gasteiger partial charge is 0.0719 e. The van der Waals surface area contributed by atoms with Gasteiger partial charge in [0.15, 0.2) is 0 Å². The highest BCUT2D eigenvalue weighted by Crippen LogP contribution is 2.23. The fraction of sp³-hybridized carbons (Fsp3) is 0.538. The first kappa shape index (κ1) is 12.4. The van der Waals surface area contributed by atoms with Crippen molar-refractivity contribution in [1.29, 1.82) is 0 Å². The molecule has 0 heterocycles. The zero-order valence-electron chi connectivity index (χ0n) is 10.4. The highest BCUT2D eigenvalue weighted by molar-refractivity contribution is 7.99. The first-order chi connectivity index (χ1) is 7.10. The Balaban J connectivity index is 2.97. The molecule has 0 saturated heterocycles. The van der Waals surface area contributed by atoms with E-state index in [9.17, 15) is 0 Å². The maximum absolute atomic E-state index is 2.43. The van der Waals surface area contributed by atoms with E-state index >= 15 is 0 Å². The average Bonchev–Trinajstić information content (AvgIpc) is 2.24. The van der Waals surface area contributed by atoms with Gasteiger partial charge in [0, 0.05) is 12.2 Å². The molecule has 0 radical (unpaired) electrons. The first-order valence-electron chi connectivity index (χ1n) is 5.46. The monoisotopic (exact) mass is 223 g/mol. The summed E-state index contributed by atoms with van der Waals surface area (Å²) in [5, 5.41) is 0.539. The Hall–Kier alpha value is -0.630. The normalized spacial score (nSPS) is 12.6. The highest BCUT2D eigenvalue weighted by atomic mass is 32.2. The minimum Gasteiger partial charge on any atom is -0.360 e. The summed E-state index contributed by atoms with van der Waals surface area (Å²) in [5.41, 5.74) is 4.08. The van der Waals surface area contributed by atoms with Crippen LogP contribution in [0.25, 0.3) is 0 Å². The summed E-state index contributed by atoms with van der Waals surface area (Å²) >= 11 is 1.89. The lowest BCUT2D eigenvalue weighted by Gasteiger charge is -2.29. The van der Waals surface area contributed by atoms with Crippen molar-refractivity contribution in [3.63, 3.8) is 0 Å². The van der Waals surface area contributed by atoms with Crippen molar-refractivity contribution in [2.75, 3.05) is 17.7 Å². The second-order valence-corrected chi connectivity index (χ2v) is 5.04. The van der Waals surface area contributed by atoms with E-state index < -0.39 is 0 Å². The molecule has 1 atom stereocenters. The molecule has 1 aromatic carbocycles. The van der Waals surface area contributed by atoms with Gasteiger partial charge in [-0.15, -0.1) is 11.8 Å². The lowest BCUT2D eigenvalue weighted by Crippen LogP contribution is -2.30. The predicted molar refractivity (Wildman–Crippen MR) is 71.9 cm³/mol. The van der Waals surface area contributed by atoms with Crippen LogP contribution in [0, 0.1) is 13.8 Å². The Morgan fingerprint density at radius 2 is 1.93 bits per heavy atom. The second-order valence-electron chi connectivity index (χ2n) is 3.89. The van der Waals surface area contributed by atoms with Gasteiger partial charge in [-0.2, -0.15) is 0 Å². The molecule has 1 aromatic rings. The number of benzene rings is 1. The molecule has 84 valence electrons. The molecular weight excluding hydrogens is 202 g/mol. The molecule has 0 aliphatic carbocycles. The number of nitrogens with zero attached hydrogens (tertiary/aromatic N) is 1. The standard InChI is InChI=1S/C13H21NS/c1-6-14(12(4)15-5)13-8-7-10(2)11(3)9-13/h7-9,12H,6H2,1-5H3. The van der Waals surface area contributed by atoms with Gasteiger partial charge in [0.2, 0.25) is 0 Å². The number of aryl methyl sites for hydroxylation is 2. The summed E-state index contributed by atoms with van der Waals surface area (Å²) in [6, 6.07) is 6.71. The van der Waals surface area contributed by atoms with Gasteiger partial charge in [-0.05, 0) is 57.2 Å². The molecule has 1 rings (SSSR count). The molecule has 0 aromatic heterocycles. The zero-order valence-corrected chi connectivity index (χ0v) is 11.2. The van der Waals surface area contributed by atoms with E-state index in [1.165, 1.54) is 16.8 Å². The highest BCUT2D eigenvalue weighted by Gasteiger charge is 2.11. The second kappa shape index (κ2) is 5.45. The Bertz CT molecular complexity index is 322. The van der Waals surface area contributed by atoms with Crippen molar-refractivity contribution in [3.8, 4) is 0 Å². The summed E-state index contributed by atoms with van der Waals surface area (Å²) in [6.45, 7) is 9.86. The van der Waals surface area contributed by atoms with E-state index in [-0.39, 0.29) is 0 Å². The van der Waals surface area contributed by atoms with Gasteiger partial charge in [-0.3, -0.25) is 0 Å². The van der Waals surface area contributed by atoms with E-state index in [4.69, 9.17) is 0 Å². The lowest BCUT2D eigenvalue weighted by atomic mass is 10.1. The first-order valence-corrected chi connectivity index (χ1v) is 6.75. The summed E-state index contributed by atoms with van der Waals surface area (Å²) in [5.74, 6) is 0. The third-order valence-corrected chi connectivity index (χ3v) is 3.88. The Morgan fingerprint density at radius 3 is 2.40 bits per heavy atom. The maximum atomic E-state index is 2.43. The molecule has 0 fully saturated rings. The minimum absolute atomic E-state index is 0.539. The van der Waals surface area contributed by atoms with Gasteiger partial charge in [-0.1, -0.05) is 6.07 Å². The van der Waals surface area contributed by atoms with Crippen molar-refractivity contribution in [2.24, 2.45) is 0 Å². The van der Waals surface area contributed by atoms with Crippen LogP contribution in [0.5, 0.6) is 0 Å². The number of hydrogen-bond donors (Lipinski definition) is 0. The summed E-state index contributed by atoms with van der Waals surface area (Å²) in [4.78, 5) is 2.43. The Morgan fingerprint density at radius 1 is 1.27 bits per heavy atom. The number of rotatable bonds is 4. The van der Waals surface area contributed by atoms with E-state index in [2.05, 4.69) is 57.0 Å². The molecule has 1 nitrogen and oxygen atoms in total. The van der Waals surface area contributed by atoms with Crippen molar-refractivity contribution in [3.05, 3.63) is 29.3 Å². The van der Waals surface area contributed by atoms with Crippen molar-refractivity contribution in [1.82, 2.24) is 0 Å². The largest absolute Gasteiger partial charge is 0.360 e. The molecule has 15 heavy (non-hydrogen) atoms. The fourth-order valence-corrected chi connectivity index (χ4v) is 2.21. The van der Waals surface area contributed by atoms with Gasteiger partial charge < -0.3 is 4.90 Å². The molecule has 0 saturated carbocycles. The molecule has 0 bridgehead atoms. The molecule has 0 N–H and O–H groups in total. The van der Waals surface area contributed by atoms with Crippen LogP contribution < -0.4 is 4.90 Å². The predicted octanol–water partition coefficient (Wildman–Crippen LogP) is 3.84. The van der Waals surface area contributed by atoms with E-state index in [1.807, 2.05) is 11.8 Å². The van der Waals surface area contributed by atoms with Gasteiger partial charge in [0.25, 0.3) is 0 Å². The summed E-state index contributed by atoms with van der Waals surface area (Å²) < 4.78 is 0. The molecule has 0 amide bonds. The zero-order chi connectivity index (χ0) is 11.4. The van der Waals surface area contributed by atoms with Crippen LogP contribution >= 0.6 is 11.8 Å². The molecule has 0 aliphatic rings. The third-order valence-electron chi connectivity index (χ3n) is 2.94. The van der Waals surface area contributed by atoms with Crippen molar-refractivity contribution >= 4 is 17.4 Å². The van der Waals surface area contributed by atoms with Crippen LogP contribution in [0.3, 0.4) is 0 Å². The van der Waals surface area contributed by atoms with Gasteiger partial charge in [-0.25, -0.2) is 0 Å². The van der Waals surface area contributed by atoms with Crippen LogP contribution in [-0.4, -0.2) is 18.2 Å². The van der Waals surface area contributed by atoms with Crippen LogP contribution in [0.2, 0.25) is 0 Å². The quantitative estimate of drug-likeness (QED) is 0.714. The van der Waals surface area contributed by atoms with Crippen LogP contribution in [-0.2, 0) is 0 Å². The number of anilines is 1. The molecule has 1 unspecified atom stereocenters. The van der Waals surface area contributed by atoms with Gasteiger partial charge in [0.05, 0.1) is 5.37 Å². The van der Waals surface area contributed by atoms with Gasteiger partial charge in [0.1, 0.15) is 0 Å². The maximum Gasteiger partial charge on any atom is 0.0719 e. The van der Waals surface area contributed by atoms with Crippen molar-refractivity contribution in [2.45, 2.75) is 33.1 Å². The number of hydrogen-bond acceptors (Lipinski definition) is 2. The van der Waals surface area contributed by atoms with Crippen LogP contribution in [0.15, 0.2) is 18.2 Å². The van der Waals surface area contributed by atoms with Crippen molar-refractivity contribution < 1.29 is 0 Å². The minimum atomic E-state index is 0.539. The molecule has 0 aliphatic heterocycles. The van der Waals surface area contributed by atoms with E-state index in [1.54, 1.807) is 0 Å². The molecule has 2 heteroatoms. The van der Waals surface area contributed by atoms with Gasteiger partial charge >= 0.3 is 0 Å². The average molecular weight is 223 g/mol.